The Kier molecular flexibility index (Phi) is 8.01. The maximum Gasteiger partial charge on any atom is 0.417 e. The number of fused-ring (bicyclic) bond motifs is 3. The predicted molar refractivity (Wildman–Crippen MR) is 165 cm³/mol. The quantitative estimate of drug-likeness (QED) is 0.232. The van der Waals surface area contributed by atoms with Crippen LogP contribution in [0.15, 0.2) is 18.2 Å². The molecule has 0 aliphatic carbocycles. The zero-order chi connectivity index (χ0) is 34.0. The summed E-state index contributed by atoms with van der Waals surface area (Å²) in [5.41, 5.74) is 1.77. The number of hydrogen-bond donors (Lipinski definition) is 1. The zero-order valence-electron chi connectivity index (χ0n) is 25.2. The van der Waals surface area contributed by atoms with E-state index in [4.69, 9.17) is 15.2 Å². The summed E-state index contributed by atoms with van der Waals surface area (Å²) in [6.07, 6.45) is -4.54. The summed E-state index contributed by atoms with van der Waals surface area (Å²) in [7, 11) is 0. The third kappa shape index (κ3) is 5.23. The van der Waals surface area contributed by atoms with Crippen molar-refractivity contribution in [2.45, 2.75) is 49.6 Å². The summed E-state index contributed by atoms with van der Waals surface area (Å²) in [6, 6.07) is 5.49. The Hall–Kier alpha value is -4.38. The largest absolute Gasteiger partial charge is 0.461 e. The monoisotopic (exact) mass is 687 g/mol. The number of alkyl halides is 4. The van der Waals surface area contributed by atoms with Gasteiger partial charge in [0.2, 0.25) is 0 Å². The van der Waals surface area contributed by atoms with Crippen molar-refractivity contribution in [3.63, 3.8) is 0 Å². The molecule has 0 spiro atoms. The van der Waals surface area contributed by atoms with Crippen molar-refractivity contribution in [2.24, 2.45) is 0 Å². The van der Waals surface area contributed by atoms with Gasteiger partial charge in [0.25, 0.3) is 0 Å². The van der Waals surface area contributed by atoms with E-state index in [9.17, 15) is 32.5 Å². The molecule has 2 aromatic heterocycles. The van der Waals surface area contributed by atoms with Crippen LogP contribution in [0, 0.1) is 34.3 Å². The van der Waals surface area contributed by atoms with Crippen LogP contribution in [-0.2, 0) is 10.9 Å². The van der Waals surface area contributed by atoms with Crippen molar-refractivity contribution in [1.29, 1.82) is 10.5 Å². The van der Waals surface area contributed by atoms with Crippen LogP contribution in [-0.4, -0.2) is 72.1 Å². The molecule has 3 fully saturated rings. The predicted octanol–water partition coefficient (Wildman–Crippen LogP) is 6.34. The number of ether oxygens (including phenoxy) is 2. The fraction of sp³-hybridized carbons (Fsp3) is 0.438. The number of hydrogen-bond acceptors (Lipinski definition) is 10. The number of benzene rings is 2. The molecule has 4 aromatic rings. The molecule has 0 saturated carbocycles. The average molecular weight is 688 g/mol. The molecule has 0 amide bonds. The number of morpholine rings is 1. The van der Waals surface area contributed by atoms with Gasteiger partial charge < -0.3 is 20.1 Å². The number of thiophene rings is 1. The standard InChI is InChI=1S/C32H27F6N7O2S/c33-16-11-31(5-1-7-44(31)13-16)15-47-30-42-26-19(29(43-30)45-8-9-46-14-17(45)4-6-39)10-21(32(36,37)38)24(25(26)35)18-2-3-22(34)27-23(18)20(12-40)28(41)48-27/h2-3,10,16-17H,1,4-5,7-9,11,13-15,41H2. The van der Waals surface area contributed by atoms with Crippen molar-refractivity contribution in [1.82, 2.24) is 14.9 Å². The van der Waals surface area contributed by atoms with Crippen molar-refractivity contribution in [3.05, 3.63) is 41.0 Å². The Morgan fingerprint density at radius 1 is 1.19 bits per heavy atom. The first kappa shape index (κ1) is 32.2. The highest BCUT2D eigenvalue weighted by Crippen LogP contribution is 2.48. The van der Waals surface area contributed by atoms with Crippen LogP contribution in [0.5, 0.6) is 6.01 Å². The SMILES string of the molecule is N#CCC1COCCN1c1nc(OCC23CCCN2CC(F)C3)nc2c(F)c(-c3ccc(F)c4sc(N)c(C#N)c34)c(C(F)(F)F)cc12. The van der Waals surface area contributed by atoms with Crippen LogP contribution in [0.1, 0.15) is 36.8 Å². The van der Waals surface area contributed by atoms with E-state index in [0.717, 1.165) is 24.6 Å². The summed E-state index contributed by atoms with van der Waals surface area (Å²) in [4.78, 5) is 12.3. The lowest BCUT2D eigenvalue weighted by Crippen LogP contribution is -2.46. The molecule has 16 heteroatoms. The second-order valence-corrected chi connectivity index (χ2v) is 13.3. The van der Waals surface area contributed by atoms with E-state index in [0.29, 0.717) is 24.3 Å². The molecule has 2 aromatic carbocycles. The summed E-state index contributed by atoms with van der Waals surface area (Å²) < 4.78 is 102. The maximum atomic E-state index is 17.0. The fourth-order valence-electron chi connectivity index (χ4n) is 7.33. The number of nitrogen functional groups attached to an aromatic ring is 1. The molecular weight excluding hydrogens is 660 g/mol. The Labute approximate surface area is 274 Å². The summed E-state index contributed by atoms with van der Waals surface area (Å²) >= 11 is 0.671. The zero-order valence-corrected chi connectivity index (χ0v) is 26.0. The van der Waals surface area contributed by atoms with Crippen LogP contribution in [0.25, 0.3) is 32.1 Å². The van der Waals surface area contributed by atoms with Crippen LogP contribution in [0.2, 0.25) is 0 Å². The molecule has 2 N–H and O–H groups in total. The first-order valence-electron chi connectivity index (χ1n) is 15.2. The number of aromatic nitrogens is 2. The molecule has 5 heterocycles. The van der Waals surface area contributed by atoms with Gasteiger partial charge in [-0.15, -0.1) is 11.3 Å². The molecule has 0 radical (unpaired) electrons. The summed E-state index contributed by atoms with van der Waals surface area (Å²) in [5, 5.41) is 18.6. The van der Waals surface area contributed by atoms with Gasteiger partial charge in [-0.25, -0.2) is 13.2 Å². The fourth-order valence-corrected chi connectivity index (χ4v) is 8.28. The van der Waals surface area contributed by atoms with Crippen LogP contribution in [0.3, 0.4) is 0 Å². The lowest BCUT2D eigenvalue weighted by atomic mass is 9.92. The van der Waals surface area contributed by atoms with E-state index in [1.807, 2.05) is 11.0 Å². The van der Waals surface area contributed by atoms with Gasteiger partial charge in [0.15, 0.2) is 5.82 Å². The molecule has 3 aliphatic rings. The number of halogens is 6. The highest BCUT2D eigenvalue weighted by molar-refractivity contribution is 7.23. The molecule has 9 nitrogen and oxygen atoms in total. The Balaban J connectivity index is 1.48. The molecule has 7 rings (SSSR count). The maximum absolute atomic E-state index is 17.0. The smallest absolute Gasteiger partial charge is 0.417 e. The first-order valence-corrected chi connectivity index (χ1v) is 16.0. The third-order valence-electron chi connectivity index (χ3n) is 9.45. The van der Waals surface area contributed by atoms with Crippen molar-refractivity contribution >= 4 is 43.1 Å². The minimum absolute atomic E-state index is 0.0312. The van der Waals surface area contributed by atoms with Crippen LogP contribution in [0.4, 0.5) is 37.2 Å². The van der Waals surface area contributed by atoms with Gasteiger partial charge in [-0.3, -0.25) is 4.90 Å². The van der Waals surface area contributed by atoms with Crippen molar-refractivity contribution in [2.75, 3.05) is 50.1 Å². The lowest BCUT2D eigenvalue weighted by molar-refractivity contribution is -0.137. The minimum atomic E-state index is -5.13. The molecule has 3 unspecified atom stereocenters. The van der Waals surface area contributed by atoms with E-state index >= 15 is 4.39 Å². The van der Waals surface area contributed by atoms with Crippen molar-refractivity contribution in [3.8, 4) is 29.3 Å². The van der Waals surface area contributed by atoms with Gasteiger partial charge in [0, 0.05) is 35.8 Å². The number of nitrogens with two attached hydrogens (primary N) is 1. The summed E-state index contributed by atoms with van der Waals surface area (Å²) in [6.45, 7) is 1.26. The second-order valence-electron chi connectivity index (χ2n) is 12.2. The molecule has 3 aliphatic heterocycles. The Morgan fingerprint density at radius 2 is 2.00 bits per heavy atom. The minimum Gasteiger partial charge on any atom is -0.461 e. The normalized spacial score (nSPS) is 23.0. The second kappa shape index (κ2) is 11.9. The number of nitriles is 2. The van der Waals surface area contributed by atoms with Gasteiger partial charge in [-0.2, -0.15) is 33.7 Å². The van der Waals surface area contributed by atoms with E-state index in [2.05, 4.69) is 9.97 Å². The van der Waals surface area contributed by atoms with E-state index < -0.39 is 52.2 Å². The van der Waals surface area contributed by atoms with Gasteiger partial charge in [-0.1, -0.05) is 6.07 Å². The van der Waals surface area contributed by atoms with Gasteiger partial charge in [-0.05, 0) is 37.1 Å². The first-order chi connectivity index (χ1) is 23.0. The van der Waals surface area contributed by atoms with E-state index in [1.54, 1.807) is 11.0 Å². The molecular formula is C32H27F6N7O2S. The third-order valence-corrected chi connectivity index (χ3v) is 10.5. The van der Waals surface area contributed by atoms with Crippen molar-refractivity contribution < 1.29 is 35.8 Å². The van der Waals surface area contributed by atoms with Gasteiger partial charge in [0.05, 0.1) is 53.1 Å². The highest BCUT2D eigenvalue weighted by atomic mass is 32.1. The topological polar surface area (TPSA) is 124 Å². The van der Waals surface area contributed by atoms with E-state index in [1.165, 1.54) is 0 Å². The van der Waals surface area contributed by atoms with Crippen LogP contribution < -0.4 is 15.4 Å². The molecule has 3 saturated heterocycles. The molecule has 3 atom stereocenters. The van der Waals surface area contributed by atoms with Gasteiger partial charge >= 0.3 is 12.2 Å². The Morgan fingerprint density at radius 3 is 2.75 bits per heavy atom. The molecule has 48 heavy (non-hydrogen) atoms. The summed E-state index contributed by atoms with van der Waals surface area (Å²) in [5.74, 6) is -2.32. The average Bonchev–Trinajstić information content (AvgIpc) is 3.69. The lowest BCUT2D eigenvalue weighted by Gasteiger charge is -2.36. The Bertz CT molecular complexity index is 2030. The number of rotatable bonds is 6. The molecule has 250 valence electrons. The number of nitrogens with zero attached hydrogens (tertiary/aromatic N) is 6. The molecule has 0 bridgehead atoms. The van der Waals surface area contributed by atoms with Gasteiger partial charge in [0.1, 0.15) is 41.0 Å². The number of anilines is 2. The highest BCUT2D eigenvalue weighted by Gasteiger charge is 2.49. The van der Waals surface area contributed by atoms with E-state index in [-0.39, 0.29) is 89.2 Å². The van der Waals surface area contributed by atoms with Crippen LogP contribution >= 0.6 is 11.3 Å².